The van der Waals surface area contributed by atoms with Crippen LogP contribution in [0, 0.1) is 25.2 Å². The molecule has 0 radical (unpaired) electrons. The first-order chi connectivity index (χ1) is 9.13. The molecule has 0 aromatic carbocycles. The van der Waals surface area contributed by atoms with Gasteiger partial charge in [0.05, 0.1) is 11.3 Å². The molecule has 0 aliphatic carbocycles. The van der Waals surface area contributed by atoms with Gasteiger partial charge in [-0.1, -0.05) is 18.7 Å². The van der Waals surface area contributed by atoms with Crippen molar-refractivity contribution in [1.82, 2.24) is 15.2 Å². The average molecular weight is 274 g/mol. The average Bonchev–Trinajstić information content (AvgIpc) is 2.83. The number of aryl methyl sites for hydroxylation is 3. The number of hydrogen-bond acceptors (Lipinski definition) is 6. The van der Waals surface area contributed by atoms with Gasteiger partial charge in [-0.3, -0.25) is 0 Å². The SMILES string of the molecule is CCc1nnc(CSc2nc(C)cc(C)c2C#N)o1. The first-order valence-electron chi connectivity index (χ1n) is 5.96. The van der Waals surface area contributed by atoms with Crippen molar-refractivity contribution in [2.24, 2.45) is 0 Å². The predicted molar refractivity (Wildman–Crippen MR) is 71.7 cm³/mol. The first-order valence-corrected chi connectivity index (χ1v) is 6.95. The quantitative estimate of drug-likeness (QED) is 0.798. The smallest absolute Gasteiger partial charge is 0.226 e. The Morgan fingerprint density at radius 1 is 1.32 bits per heavy atom. The molecule has 0 amide bonds. The van der Waals surface area contributed by atoms with E-state index < -0.39 is 0 Å². The monoisotopic (exact) mass is 274 g/mol. The number of hydrogen-bond donors (Lipinski definition) is 0. The zero-order valence-corrected chi connectivity index (χ0v) is 11.9. The molecule has 2 heterocycles. The molecule has 19 heavy (non-hydrogen) atoms. The van der Waals surface area contributed by atoms with E-state index in [4.69, 9.17) is 4.42 Å². The summed E-state index contributed by atoms with van der Waals surface area (Å²) < 4.78 is 5.43. The number of rotatable bonds is 4. The molecule has 2 rings (SSSR count). The standard InChI is InChI=1S/C13H14N4OS/c1-4-11-16-17-12(18-11)7-19-13-10(6-14)8(2)5-9(3)15-13/h5H,4,7H2,1-3H3. The van der Waals surface area contributed by atoms with Gasteiger partial charge in [0.1, 0.15) is 11.1 Å². The number of thioether (sulfide) groups is 1. The molecule has 0 saturated carbocycles. The fourth-order valence-corrected chi connectivity index (χ4v) is 2.60. The molecule has 2 aromatic rings. The molecule has 2 aromatic heterocycles. The minimum absolute atomic E-state index is 0.525. The van der Waals surface area contributed by atoms with Crippen LogP contribution in [0.2, 0.25) is 0 Å². The third kappa shape index (κ3) is 3.12. The van der Waals surface area contributed by atoms with Crippen molar-refractivity contribution in [2.45, 2.75) is 38.0 Å². The van der Waals surface area contributed by atoms with Crippen molar-refractivity contribution in [2.75, 3.05) is 0 Å². The molecule has 6 heteroatoms. The Bertz CT molecular complexity index is 630. The summed E-state index contributed by atoms with van der Waals surface area (Å²) in [5.74, 6) is 1.72. The van der Waals surface area contributed by atoms with Gasteiger partial charge in [-0.2, -0.15) is 5.26 Å². The van der Waals surface area contributed by atoms with Gasteiger partial charge in [-0.15, -0.1) is 10.2 Å². The molecule has 0 unspecified atom stereocenters. The van der Waals surface area contributed by atoms with E-state index in [1.54, 1.807) is 0 Å². The van der Waals surface area contributed by atoms with Crippen molar-refractivity contribution in [3.63, 3.8) is 0 Å². The maximum atomic E-state index is 9.17. The zero-order valence-electron chi connectivity index (χ0n) is 11.1. The number of nitrogens with zero attached hydrogens (tertiary/aromatic N) is 4. The molecule has 0 saturated heterocycles. The van der Waals surface area contributed by atoms with Crippen LogP contribution >= 0.6 is 11.8 Å². The van der Waals surface area contributed by atoms with E-state index in [1.165, 1.54) is 11.8 Å². The molecule has 0 atom stereocenters. The van der Waals surface area contributed by atoms with E-state index in [-0.39, 0.29) is 0 Å². The van der Waals surface area contributed by atoms with E-state index in [0.29, 0.717) is 23.1 Å². The Kier molecular flexibility index (Phi) is 4.17. The highest BCUT2D eigenvalue weighted by Crippen LogP contribution is 2.26. The summed E-state index contributed by atoms with van der Waals surface area (Å²) in [7, 11) is 0. The summed E-state index contributed by atoms with van der Waals surface area (Å²) in [5.41, 5.74) is 2.46. The lowest BCUT2D eigenvalue weighted by molar-refractivity contribution is 0.470. The lowest BCUT2D eigenvalue weighted by Crippen LogP contribution is -1.94. The summed E-state index contributed by atoms with van der Waals surface area (Å²) >= 11 is 1.45. The normalized spacial score (nSPS) is 10.4. The van der Waals surface area contributed by atoms with Gasteiger partial charge in [-0.05, 0) is 25.5 Å². The Morgan fingerprint density at radius 2 is 2.05 bits per heavy atom. The lowest BCUT2D eigenvalue weighted by Gasteiger charge is -2.05. The number of nitriles is 1. The molecule has 0 aliphatic rings. The van der Waals surface area contributed by atoms with Crippen LogP contribution in [0.3, 0.4) is 0 Å². The second-order valence-electron chi connectivity index (χ2n) is 4.10. The highest BCUT2D eigenvalue weighted by Gasteiger charge is 2.11. The van der Waals surface area contributed by atoms with Crippen LogP contribution in [0.25, 0.3) is 0 Å². The van der Waals surface area contributed by atoms with E-state index in [1.807, 2.05) is 26.8 Å². The second-order valence-corrected chi connectivity index (χ2v) is 5.07. The first kappa shape index (κ1) is 13.6. The Balaban J connectivity index is 2.17. The van der Waals surface area contributed by atoms with Gasteiger partial charge < -0.3 is 4.42 Å². The van der Waals surface area contributed by atoms with Crippen molar-refractivity contribution < 1.29 is 4.42 Å². The Morgan fingerprint density at radius 3 is 2.68 bits per heavy atom. The van der Waals surface area contributed by atoms with Crippen molar-refractivity contribution >= 4 is 11.8 Å². The van der Waals surface area contributed by atoms with Crippen LogP contribution in [0.4, 0.5) is 0 Å². The van der Waals surface area contributed by atoms with E-state index in [9.17, 15) is 5.26 Å². The highest BCUT2D eigenvalue weighted by atomic mass is 32.2. The third-order valence-electron chi connectivity index (χ3n) is 2.57. The summed E-state index contributed by atoms with van der Waals surface area (Å²) in [4.78, 5) is 4.40. The maximum Gasteiger partial charge on any atom is 0.226 e. The molecule has 0 spiro atoms. The van der Waals surface area contributed by atoms with E-state index in [2.05, 4.69) is 21.3 Å². The molecule has 0 bridgehead atoms. The minimum atomic E-state index is 0.525. The molecule has 98 valence electrons. The second kappa shape index (κ2) is 5.85. The van der Waals surface area contributed by atoms with Gasteiger partial charge in [0.25, 0.3) is 0 Å². The Labute approximate surface area is 116 Å². The van der Waals surface area contributed by atoms with Crippen LogP contribution in [-0.2, 0) is 12.2 Å². The fourth-order valence-electron chi connectivity index (χ4n) is 1.66. The summed E-state index contributed by atoms with van der Waals surface area (Å²) in [6.07, 6.45) is 0.725. The number of aromatic nitrogens is 3. The molecular weight excluding hydrogens is 260 g/mol. The van der Waals surface area contributed by atoms with Gasteiger partial charge in [0.2, 0.25) is 11.8 Å². The Hall–Kier alpha value is -1.87. The largest absolute Gasteiger partial charge is 0.424 e. The van der Waals surface area contributed by atoms with Crippen molar-refractivity contribution in [1.29, 1.82) is 5.26 Å². The summed E-state index contributed by atoms with van der Waals surface area (Å²) in [6.45, 7) is 5.79. The molecule has 5 nitrogen and oxygen atoms in total. The van der Waals surface area contributed by atoms with E-state index >= 15 is 0 Å². The summed E-state index contributed by atoms with van der Waals surface area (Å²) in [5, 5.41) is 17.8. The highest BCUT2D eigenvalue weighted by molar-refractivity contribution is 7.98. The van der Waals surface area contributed by atoms with Crippen LogP contribution < -0.4 is 0 Å². The summed E-state index contributed by atoms with van der Waals surface area (Å²) in [6, 6.07) is 4.10. The maximum absolute atomic E-state index is 9.17. The van der Waals surface area contributed by atoms with Crippen LogP contribution in [0.1, 0.15) is 35.5 Å². The van der Waals surface area contributed by atoms with Gasteiger partial charge >= 0.3 is 0 Å². The van der Waals surface area contributed by atoms with Crippen LogP contribution in [0.15, 0.2) is 15.5 Å². The minimum Gasteiger partial charge on any atom is -0.424 e. The van der Waals surface area contributed by atoms with Gasteiger partial charge in [0, 0.05) is 12.1 Å². The van der Waals surface area contributed by atoms with Crippen LogP contribution in [0.5, 0.6) is 0 Å². The molecular formula is C13H14N4OS. The number of pyridine rings is 1. The third-order valence-corrected chi connectivity index (χ3v) is 3.53. The topological polar surface area (TPSA) is 75.6 Å². The van der Waals surface area contributed by atoms with Gasteiger partial charge in [-0.25, -0.2) is 4.98 Å². The van der Waals surface area contributed by atoms with Gasteiger partial charge in [0.15, 0.2) is 0 Å². The molecule has 0 aliphatic heterocycles. The van der Waals surface area contributed by atoms with Crippen molar-refractivity contribution in [3.05, 3.63) is 34.7 Å². The molecule has 0 N–H and O–H groups in total. The predicted octanol–water partition coefficient (Wildman–Crippen LogP) is 2.81. The fraction of sp³-hybridized carbons (Fsp3) is 0.385. The zero-order chi connectivity index (χ0) is 13.8. The van der Waals surface area contributed by atoms with Crippen molar-refractivity contribution in [3.8, 4) is 6.07 Å². The van der Waals surface area contributed by atoms with E-state index in [0.717, 1.165) is 22.7 Å². The molecule has 0 fully saturated rings. The van der Waals surface area contributed by atoms with Crippen LogP contribution in [-0.4, -0.2) is 15.2 Å². The lowest BCUT2D eigenvalue weighted by atomic mass is 10.1.